The molecule has 7 heteroatoms. The van der Waals surface area contributed by atoms with E-state index in [1.807, 2.05) is 4.90 Å². The van der Waals surface area contributed by atoms with Crippen LogP contribution in [0.2, 0.25) is 0 Å². The molecule has 1 aliphatic heterocycles. The van der Waals surface area contributed by atoms with Crippen molar-refractivity contribution in [3.63, 3.8) is 0 Å². The molecule has 2 aliphatic rings. The molecule has 1 saturated heterocycles. The van der Waals surface area contributed by atoms with Crippen LogP contribution in [0, 0.1) is 0 Å². The number of nitrogens with zero attached hydrogens (tertiary/aromatic N) is 2. The Bertz CT molecular complexity index is 515. The third-order valence-electron chi connectivity index (χ3n) is 4.28. The number of methoxy groups -OCH3 is 1. The molecule has 1 aliphatic carbocycles. The van der Waals surface area contributed by atoms with Crippen molar-refractivity contribution in [2.24, 2.45) is 0 Å². The first-order chi connectivity index (χ1) is 10.2. The summed E-state index contributed by atoms with van der Waals surface area (Å²) in [6, 6.07) is 0.492. The summed E-state index contributed by atoms with van der Waals surface area (Å²) in [4.78, 5) is 19.3. The number of likely N-dealkylation sites (tertiary alicyclic amines) is 1. The van der Waals surface area contributed by atoms with Crippen molar-refractivity contribution in [2.45, 2.75) is 44.2 Å². The third-order valence-corrected chi connectivity index (χ3v) is 5.27. The lowest BCUT2D eigenvalue weighted by atomic mass is 9.93. The zero-order valence-corrected chi connectivity index (χ0v) is 13.1. The normalized spacial score (nSPS) is 22.9. The van der Waals surface area contributed by atoms with Crippen molar-refractivity contribution in [3.8, 4) is 0 Å². The highest BCUT2D eigenvalue weighted by atomic mass is 32.1. The van der Waals surface area contributed by atoms with E-state index in [-0.39, 0.29) is 12.0 Å². The molecule has 1 unspecified atom stereocenters. The molecule has 0 radical (unpaired) electrons. The lowest BCUT2D eigenvalue weighted by molar-refractivity contribution is 0.0272. The summed E-state index contributed by atoms with van der Waals surface area (Å²) in [5.74, 6) is 0.319. The van der Waals surface area contributed by atoms with Gasteiger partial charge >= 0.3 is 0 Å². The van der Waals surface area contributed by atoms with E-state index in [0.29, 0.717) is 23.3 Å². The maximum atomic E-state index is 12.6. The number of nitrogen functional groups attached to an aromatic ring is 1. The van der Waals surface area contributed by atoms with E-state index in [0.717, 1.165) is 24.5 Å². The van der Waals surface area contributed by atoms with Crippen LogP contribution in [-0.2, 0) is 4.74 Å². The summed E-state index contributed by atoms with van der Waals surface area (Å²) in [5, 5.41) is 4.11. The van der Waals surface area contributed by atoms with Gasteiger partial charge in [-0.1, -0.05) is 11.3 Å². The van der Waals surface area contributed by atoms with Gasteiger partial charge in [0.25, 0.3) is 5.91 Å². The number of piperidine rings is 1. The molecule has 0 spiro atoms. The smallest absolute Gasteiger partial charge is 0.267 e. The van der Waals surface area contributed by atoms with Gasteiger partial charge in [0.05, 0.1) is 6.10 Å². The summed E-state index contributed by atoms with van der Waals surface area (Å²) >= 11 is 1.37. The molecular formula is C14H22N4O2S. The number of nitrogens with two attached hydrogens (primary N) is 1. The van der Waals surface area contributed by atoms with Crippen molar-refractivity contribution in [1.29, 1.82) is 0 Å². The number of nitrogens with one attached hydrogen (secondary N) is 1. The van der Waals surface area contributed by atoms with Gasteiger partial charge in [0.1, 0.15) is 10.7 Å². The lowest BCUT2D eigenvalue weighted by Crippen LogP contribution is -2.42. The Morgan fingerprint density at radius 3 is 2.90 bits per heavy atom. The van der Waals surface area contributed by atoms with Crippen molar-refractivity contribution in [3.05, 3.63) is 4.88 Å². The summed E-state index contributed by atoms with van der Waals surface area (Å²) in [7, 11) is 1.69. The lowest BCUT2D eigenvalue weighted by Gasteiger charge is -2.31. The second kappa shape index (κ2) is 6.19. The van der Waals surface area contributed by atoms with E-state index in [2.05, 4.69) is 10.3 Å². The third kappa shape index (κ3) is 3.13. The van der Waals surface area contributed by atoms with Gasteiger partial charge in [-0.25, -0.2) is 4.98 Å². The number of thiazole rings is 1. The zero-order chi connectivity index (χ0) is 14.8. The van der Waals surface area contributed by atoms with Crippen LogP contribution in [0.5, 0.6) is 0 Å². The number of hydrogen-bond donors (Lipinski definition) is 2. The average Bonchev–Trinajstić information content (AvgIpc) is 2.83. The quantitative estimate of drug-likeness (QED) is 0.888. The number of ether oxygens (including phenoxy) is 1. The first kappa shape index (κ1) is 14.6. The van der Waals surface area contributed by atoms with Crippen LogP contribution in [0.3, 0.4) is 0 Å². The van der Waals surface area contributed by atoms with E-state index >= 15 is 0 Å². The Morgan fingerprint density at radius 2 is 2.24 bits per heavy atom. The van der Waals surface area contributed by atoms with Gasteiger partial charge in [-0.05, 0) is 32.1 Å². The van der Waals surface area contributed by atoms with Gasteiger partial charge in [0.2, 0.25) is 0 Å². The second-order valence-electron chi connectivity index (χ2n) is 5.76. The van der Waals surface area contributed by atoms with Gasteiger partial charge < -0.3 is 20.7 Å². The van der Waals surface area contributed by atoms with Crippen molar-refractivity contribution < 1.29 is 9.53 Å². The Labute approximate surface area is 128 Å². The number of amides is 1. The van der Waals surface area contributed by atoms with Gasteiger partial charge in [-0.3, -0.25) is 4.79 Å². The average molecular weight is 310 g/mol. The molecule has 0 bridgehead atoms. The van der Waals surface area contributed by atoms with E-state index < -0.39 is 0 Å². The number of carbonyl (C=O) groups is 1. The number of rotatable bonds is 4. The molecule has 1 saturated carbocycles. The first-order valence-electron chi connectivity index (χ1n) is 7.52. The highest BCUT2D eigenvalue weighted by Crippen LogP contribution is 2.30. The first-order valence-corrected chi connectivity index (χ1v) is 8.34. The molecule has 116 valence electrons. The second-order valence-corrected chi connectivity index (χ2v) is 6.76. The van der Waals surface area contributed by atoms with Crippen molar-refractivity contribution in [2.75, 3.05) is 31.2 Å². The van der Waals surface area contributed by atoms with Crippen LogP contribution in [0.15, 0.2) is 0 Å². The number of anilines is 2. The van der Waals surface area contributed by atoms with Gasteiger partial charge in [-0.2, -0.15) is 0 Å². The Kier molecular flexibility index (Phi) is 4.30. The Hall–Kier alpha value is -1.34. The van der Waals surface area contributed by atoms with Crippen LogP contribution in [0.4, 0.5) is 10.9 Å². The zero-order valence-electron chi connectivity index (χ0n) is 12.3. The maximum absolute atomic E-state index is 12.6. The fraction of sp³-hybridized carbons (Fsp3) is 0.714. The molecule has 2 heterocycles. The number of hydrogen-bond acceptors (Lipinski definition) is 6. The standard InChI is InChI=1S/C14H22N4O2S/c1-20-10-6-3-7-18(8-10)13(19)11-12(15)17-14(21-11)16-9-4-2-5-9/h9-10H,2-8,15H2,1H3,(H,16,17). The molecule has 1 aromatic heterocycles. The fourth-order valence-corrected chi connectivity index (χ4v) is 3.66. The predicted molar refractivity (Wildman–Crippen MR) is 83.7 cm³/mol. The Morgan fingerprint density at radius 1 is 1.43 bits per heavy atom. The Balaban J connectivity index is 1.68. The largest absolute Gasteiger partial charge is 0.382 e. The molecule has 1 amide bonds. The van der Waals surface area contributed by atoms with Crippen LogP contribution in [-0.4, -0.2) is 48.1 Å². The number of aromatic nitrogens is 1. The minimum absolute atomic E-state index is 0.0200. The molecule has 3 N–H and O–H groups in total. The summed E-state index contributed by atoms with van der Waals surface area (Å²) in [6.07, 6.45) is 5.71. The van der Waals surface area contributed by atoms with E-state index in [1.54, 1.807) is 7.11 Å². The maximum Gasteiger partial charge on any atom is 0.267 e. The van der Waals surface area contributed by atoms with Gasteiger partial charge in [0, 0.05) is 26.2 Å². The summed E-state index contributed by atoms with van der Waals surface area (Å²) in [6.45, 7) is 1.40. The fourth-order valence-electron chi connectivity index (χ4n) is 2.73. The SMILES string of the molecule is COC1CCCN(C(=O)c2sc(NC3CCC3)nc2N)C1. The highest BCUT2D eigenvalue weighted by Gasteiger charge is 2.28. The van der Waals surface area contributed by atoms with E-state index in [4.69, 9.17) is 10.5 Å². The van der Waals surface area contributed by atoms with Crippen molar-refractivity contribution in [1.82, 2.24) is 9.88 Å². The number of carbonyl (C=O) groups excluding carboxylic acids is 1. The predicted octanol–water partition coefficient (Wildman–Crippen LogP) is 1.94. The topological polar surface area (TPSA) is 80.5 Å². The van der Waals surface area contributed by atoms with E-state index in [9.17, 15) is 4.79 Å². The highest BCUT2D eigenvalue weighted by molar-refractivity contribution is 7.18. The minimum Gasteiger partial charge on any atom is -0.382 e. The summed E-state index contributed by atoms with van der Waals surface area (Å²) < 4.78 is 5.37. The van der Waals surface area contributed by atoms with Crippen LogP contribution < -0.4 is 11.1 Å². The molecule has 21 heavy (non-hydrogen) atoms. The van der Waals surface area contributed by atoms with E-state index in [1.165, 1.54) is 30.6 Å². The van der Waals surface area contributed by atoms with Crippen molar-refractivity contribution >= 4 is 28.2 Å². The molecule has 1 aromatic rings. The molecule has 1 atom stereocenters. The van der Waals surface area contributed by atoms with Gasteiger partial charge in [0.15, 0.2) is 5.13 Å². The van der Waals surface area contributed by atoms with Crippen LogP contribution in [0.25, 0.3) is 0 Å². The van der Waals surface area contributed by atoms with Gasteiger partial charge in [-0.15, -0.1) is 0 Å². The monoisotopic (exact) mass is 310 g/mol. The van der Waals surface area contributed by atoms with Crippen LogP contribution >= 0.6 is 11.3 Å². The van der Waals surface area contributed by atoms with Crippen LogP contribution in [0.1, 0.15) is 41.8 Å². The molecule has 0 aromatic carbocycles. The molecular weight excluding hydrogens is 288 g/mol. The summed E-state index contributed by atoms with van der Waals surface area (Å²) in [5.41, 5.74) is 5.93. The minimum atomic E-state index is -0.0200. The molecule has 3 rings (SSSR count). The molecule has 2 fully saturated rings. The molecule has 6 nitrogen and oxygen atoms in total.